The summed E-state index contributed by atoms with van der Waals surface area (Å²) in [6.07, 6.45) is 1.80. The van der Waals surface area contributed by atoms with Crippen molar-refractivity contribution in [1.82, 2.24) is 9.97 Å². The fourth-order valence-corrected chi connectivity index (χ4v) is 2.95. The van der Waals surface area contributed by atoms with Crippen LogP contribution in [0.25, 0.3) is 0 Å². The number of benzene rings is 1. The van der Waals surface area contributed by atoms with Crippen LogP contribution in [0.2, 0.25) is 10.0 Å². The molecule has 0 unspecified atom stereocenters. The number of aromatic nitrogens is 2. The lowest BCUT2D eigenvalue weighted by molar-refractivity contribution is 0.646. The monoisotopic (exact) mass is 322 g/mol. The lowest BCUT2D eigenvalue weighted by atomic mass is 10.2. The molecule has 0 saturated carbocycles. The summed E-state index contributed by atoms with van der Waals surface area (Å²) in [5.41, 5.74) is 1.00. The summed E-state index contributed by atoms with van der Waals surface area (Å²) in [6.45, 7) is 5.50. The highest BCUT2D eigenvalue weighted by atomic mass is 35.5. The van der Waals surface area contributed by atoms with Crippen molar-refractivity contribution >= 4 is 34.7 Å². The molecule has 3 rings (SSSR count). The van der Waals surface area contributed by atoms with Gasteiger partial charge in [-0.1, -0.05) is 29.3 Å². The Morgan fingerprint density at radius 3 is 2.43 bits per heavy atom. The molecule has 2 heterocycles. The van der Waals surface area contributed by atoms with Gasteiger partial charge in [0.05, 0.1) is 15.7 Å². The highest BCUT2D eigenvalue weighted by Crippen LogP contribution is 2.33. The standard InChI is InChI=1S/C15H16Cl2N4/c1-11-18-6-5-14(19-11)21-9-7-20(8-10-21)13-4-2-3-12(16)15(13)17/h2-6H,7-10H2,1H3. The molecule has 21 heavy (non-hydrogen) atoms. The van der Waals surface area contributed by atoms with E-state index in [0.717, 1.165) is 43.5 Å². The van der Waals surface area contributed by atoms with E-state index in [-0.39, 0.29) is 0 Å². The molecule has 4 nitrogen and oxygen atoms in total. The molecule has 1 saturated heterocycles. The van der Waals surface area contributed by atoms with Gasteiger partial charge in [0.15, 0.2) is 0 Å². The van der Waals surface area contributed by atoms with Crippen LogP contribution in [0, 0.1) is 6.92 Å². The van der Waals surface area contributed by atoms with E-state index in [4.69, 9.17) is 23.2 Å². The zero-order valence-electron chi connectivity index (χ0n) is 11.8. The number of rotatable bonds is 2. The van der Waals surface area contributed by atoms with Crippen LogP contribution in [-0.2, 0) is 0 Å². The van der Waals surface area contributed by atoms with Crippen molar-refractivity contribution in [3.05, 3.63) is 46.3 Å². The Kier molecular flexibility index (Phi) is 4.17. The Morgan fingerprint density at radius 1 is 1.00 bits per heavy atom. The van der Waals surface area contributed by atoms with Gasteiger partial charge in [0.25, 0.3) is 0 Å². The molecule has 0 radical (unpaired) electrons. The second kappa shape index (κ2) is 6.08. The van der Waals surface area contributed by atoms with E-state index in [1.54, 1.807) is 6.20 Å². The van der Waals surface area contributed by atoms with Gasteiger partial charge in [-0.3, -0.25) is 0 Å². The molecule has 6 heteroatoms. The van der Waals surface area contributed by atoms with Gasteiger partial charge in [0, 0.05) is 32.4 Å². The van der Waals surface area contributed by atoms with Crippen LogP contribution in [0.5, 0.6) is 0 Å². The highest BCUT2D eigenvalue weighted by molar-refractivity contribution is 6.43. The Hall–Kier alpha value is -1.52. The molecule has 0 bridgehead atoms. The van der Waals surface area contributed by atoms with Gasteiger partial charge < -0.3 is 9.80 Å². The largest absolute Gasteiger partial charge is 0.367 e. The molecule has 1 aromatic heterocycles. The number of nitrogens with zero attached hydrogens (tertiary/aromatic N) is 4. The first-order chi connectivity index (χ1) is 10.1. The average molecular weight is 323 g/mol. The van der Waals surface area contributed by atoms with E-state index in [1.807, 2.05) is 31.2 Å². The molecule has 2 aromatic rings. The fraction of sp³-hybridized carbons (Fsp3) is 0.333. The third-order valence-electron chi connectivity index (χ3n) is 3.64. The summed E-state index contributed by atoms with van der Waals surface area (Å²) in [5, 5.41) is 1.23. The molecule has 0 spiro atoms. The van der Waals surface area contributed by atoms with Gasteiger partial charge in [-0.25, -0.2) is 9.97 Å². The van der Waals surface area contributed by atoms with Crippen molar-refractivity contribution in [3.63, 3.8) is 0 Å². The molecular formula is C15H16Cl2N4. The Bertz CT molecular complexity index is 639. The van der Waals surface area contributed by atoms with Crippen LogP contribution in [0.3, 0.4) is 0 Å². The predicted octanol–water partition coefficient (Wildman–Crippen LogP) is 3.42. The number of halogens is 2. The second-order valence-electron chi connectivity index (χ2n) is 5.01. The van der Waals surface area contributed by atoms with Crippen molar-refractivity contribution in [3.8, 4) is 0 Å². The van der Waals surface area contributed by atoms with Gasteiger partial charge in [-0.05, 0) is 25.1 Å². The Balaban J connectivity index is 1.72. The average Bonchev–Trinajstić information content (AvgIpc) is 2.50. The second-order valence-corrected chi connectivity index (χ2v) is 5.79. The van der Waals surface area contributed by atoms with Crippen molar-refractivity contribution in [2.75, 3.05) is 36.0 Å². The van der Waals surface area contributed by atoms with E-state index in [1.165, 1.54) is 0 Å². The minimum Gasteiger partial charge on any atom is -0.367 e. The maximum Gasteiger partial charge on any atom is 0.132 e. The van der Waals surface area contributed by atoms with Crippen LogP contribution >= 0.6 is 23.2 Å². The molecule has 0 atom stereocenters. The van der Waals surface area contributed by atoms with Crippen LogP contribution in [0.15, 0.2) is 30.5 Å². The topological polar surface area (TPSA) is 32.3 Å². The fourth-order valence-electron chi connectivity index (χ4n) is 2.53. The highest BCUT2D eigenvalue weighted by Gasteiger charge is 2.20. The van der Waals surface area contributed by atoms with Gasteiger partial charge >= 0.3 is 0 Å². The summed E-state index contributed by atoms with van der Waals surface area (Å²) in [4.78, 5) is 13.1. The van der Waals surface area contributed by atoms with Gasteiger partial charge in [0.1, 0.15) is 11.6 Å². The number of anilines is 2. The molecular weight excluding hydrogens is 307 g/mol. The Labute approximate surface area is 134 Å². The number of aryl methyl sites for hydroxylation is 1. The van der Waals surface area contributed by atoms with Crippen LogP contribution in [0.1, 0.15) is 5.82 Å². The molecule has 0 N–H and O–H groups in total. The summed E-state index contributed by atoms with van der Waals surface area (Å²) in [7, 11) is 0. The number of hydrogen-bond acceptors (Lipinski definition) is 4. The van der Waals surface area contributed by atoms with Crippen LogP contribution in [0.4, 0.5) is 11.5 Å². The summed E-state index contributed by atoms with van der Waals surface area (Å²) < 4.78 is 0. The maximum atomic E-state index is 6.29. The van der Waals surface area contributed by atoms with Gasteiger partial charge in [-0.15, -0.1) is 0 Å². The van der Waals surface area contributed by atoms with Crippen LogP contribution < -0.4 is 9.80 Å². The number of piperazine rings is 1. The van der Waals surface area contributed by atoms with Crippen molar-refractivity contribution in [1.29, 1.82) is 0 Å². The van der Waals surface area contributed by atoms with Crippen LogP contribution in [-0.4, -0.2) is 36.1 Å². The van der Waals surface area contributed by atoms with E-state index in [9.17, 15) is 0 Å². The first kappa shape index (κ1) is 14.4. The van der Waals surface area contributed by atoms with E-state index >= 15 is 0 Å². The third-order valence-corrected chi connectivity index (χ3v) is 4.45. The first-order valence-corrected chi connectivity index (χ1v) is 7.64. The molecule has 0 amide bonds. The smallest absolute Gasteiger partial charge is 0.132 e. The van der Waals surface area contributed by atoms with Crippen molar-refractivity contribution in [2.24, 2.45) is 0 Å². The van der Waals surface area contributed by atoms with Gasteiger partial charge in [0.2, 0.25) is 0 Å². The lowest BCUT2D eigenvalue weighted by Gasteiger charge is -2.37. The van der Waals surface area contributed by atoms with Gasteiger partial charge in [-0.2, -0.15) is 0 Å². The molecule has 110 valence electrons. The van der Waals surface area contributed by atoms with Crippen molar-refractivity contribution in [2.45, 2.75) is 6.92 Å². The third kappa shape index (κ3) is 3.06. The predicted molar refractivity (Wildman–Crippen MR) is 87.7 cm³/mol. The molecule has 0 aliphatic carbocycles. The summed E-state index contributed by atoms with van der Waals surface area (Å²) in [6, 6.07) is 7.71. The molecule has 1 aliphatic heterocycles. The zero-order chi connectivity index (χ0) is 14.8. The number of hydrogen-bond donors (Lipinski definition) is 0. The molecule has 1 aliphatic rings. The lowest BCUT2D eigenvalue weighted by Crippen LogP contribution is -2.47. The quantitative estimate of drug-likeness (QED) is 0.848. The Morgan fingerprint density at radius 2 is 1.71 bits per heavy atom. The normalized spacial score (nSPS) is 15.4. The first-order valence-electron chi connectivity index (χ1n) is 6.89. The van der Waals surface area contributed by atoms with E-state index < -0.39 is 0 Å². The van der Waals surface area contributed by atoms with E-state index in [2.05, 4.69) is 19.8 Å². The zero-order valence-corrected chi connectivity index (χ0v) is 13.3. The summed E-state index contributed by atoms with van der Waals surface area (Å²) in [5.74, 6) is 1.78. The van der Waals surface area contributed by atoms with E-state index in [0.29, 0.717) is 10.0 Å². The van der Waals surface area contributed by atoms with Crippen molar-refractivity contribution < 1.29 is 0 Å². The maximum absolute atomic E-state index is 6.29. The minimum atomic E-state index is 0.600. The molecule has 1 aromatic carbocycles. The molecule has 1 fully saturated rings. The minimum absolute atomic E-state index is 0.600. The SMILES string of the molecule is Cc1nccc(N2CCN(c3cccc(Cl)c3Cl)CC2)n1. The summed E-state index contributed by atoms with van der Waals surface area (Å²) >= 11 is 12.4.